The lowest BCUT2D eigenvalue weighted by Crippen LogP contribution is -2.30. The van der Waals surface area contributed by atoms with Gasteiger partial charge in [0, 0.05) is 17.3 Å². The van der Waals surface area contributed by atoms with Gasteiger partial charge in [0.2, 0.25) is 0 Å². The molecule has 0 saturated heterocycles. The number of anilines is 1. The van der Waals surface area contributed by atoms with Crippen molar-refractivity contribution < 1.29 is 13.9 Å². The quantitative estimate of drug-likeness (QED) is 0.382. The zero-order valence-electron chi connectivity index (χ0n) is 13.4. The van der Waals surface area contributed by atoms with Gasteiger partial charge in [0.1, 0.15) is 17.2 Å². The number of aliphatic hydroxyl groups is 1. The molecule has 2 aromatic rings. The Bertz CT molecular complexity index is 718. The van der Waals surface area contributed by atoms with Crippen LogP contribution in [-0.2, 0) is 5.60 Å². The number of nitrogens with one attached hydrogen (secondary N) is 1. The van der Waals surface area contributed by atoms with E-state index in [0.717, 1.165) is 23.4 Å². The van der Waals surface area contributed by atoms with E-state index >= 15 is 0 Å². The van der Waals surface area contributed by atoms with Crippen molar-refractivity contribution in [2.75, 3.05) is 11.9 Å². The number of nitrogens with two attached hydrogens (primary N) is 1. The number of guanidine groups is 1. The minimum Gasteiger partial charge on any atom is -0.383 e. The topological polar surface area (TPSA) is 70.6 Å². The Hall–Kier alpha value is -1.74. The van der Waals surface area contributed by atoms with Gasteiger partial charge < -0.3 is 16.2 Å². The fraction of sp³-hybridized carbons (Fsp3) is 0.235. The SMILES string of the molecule is Cc1ccc(NC(N)=NCC(C)(O)c2ccc(F)cc2F)cc1.I. The summed E-state index contributed by atoms with van der Waals surface area (Å²) in [6, 6.07) is 10.5. The van der Waals surface area contributed by atoms with E-state index < -0.39 is 17.2 Å². The molecule has 4 nitrogen and oxygen atoms in total. The van der Waals surface area contributed by atoms with Crippen molar-refractivity contribution in [3.63, 3.8) is 0 Å². The third kappa shape index (κ3) is 5.41. The fourth-order valence-electron chi connectivity index (χ4n) is 2.07. The maximum Gasteiger partial charge on any atom is 0.193 e. The molecule has 1 unspecified atom stereocenters. The molecule has 0 aliphatic heterocycles. The summed E-state index contributed by atoms with van der Waals surface area (Å²) in [5, 5.41) is 13.2. The number of benzene rings is 2. The Morgan fingerprint density at radius 3 is 2.42 bits per heavy atom. The minimum atomic E-state index is -1.60. The van der Waals surface area contributed by atoms with Crippen LogP contribution in [0.5, 0.6) is 0 Å². The van der Waals surface area contributed by atoms with Crippen molar-refractivity contribution in [1.82, 2.24) is 0 Å². The first-order valence-corrected chi connectivity index (χ1v) is 7.09. The van der Waals surface area contributed by atoms with E-state index in [1.807, 2.05) is 31.2 Å². The second-order valence-electron chi connectivity index (χ2n) is 5.59. The molecular formula is C17H20F2IN3O. The third-order valence-electron chi connectivity index (χ3n) is 3.39. The molecule has 0 fully saturated rings. The molecule has 130 valence electrons. The largest absolute Gasteiger partial charge is 0.383 e. The van der Waals surface area contributed by atoms with Gasteiger partial charge in [-0.3, -0.25) is 0 Å². The smallest absolute Gasteiger partial charge is 0.193 e. The number of halogens is 3. The summed E-state index contributed by atoms with van der Waals surface area (Å²) in [6.45, 7) is 3.20. The van der Waals surface area contributed by atoms with Crippen molar-refractivity contribution in [2.24, 2.45) is 10.7 Å². The highest BCUT2D eigenvalue weighted by Gasteiger charge is 2.26. The number of hydrogen-bond donors (Lipinski definition) is 3. The van der Waals surface area contributed by atoms with Crippen molar-refractivity contribution in [3.05, 3.63) is 65.2 Å². The van der Waals surface area contributed by atoms with Gasteiger partial charge >= 0.3 is 0 Å². The minimum absolute atomic E-state index is 0. The first-order chi connectivity index (χ1) is 10.8. The normalized spacial score (nSPS) is 13.8. The maximum absolute atomic E-state index is 13.8. The van der Waals surface area contributed by atoms with Crippen molar-refractivity contribution in [3.8, 4) is 0 Å². The zero-order chi connectivity index (χ0) is 17.0. The number of aliphatic imine (C=N–C) groups is 1. The predicted octanol–water partition coefficient (Wildman–Crippen LogP) is 3.53. The highest BCUT2D eigenvalue weighted by molar-refractivity contribution is 14.0. The molecule has 7 heteroatoms. The molecule has 0 aliphatic rings. The van der Waals surface area contributed by atoms with Crippen LogP contribution in [0.25, 0.3) is 0 Å². The van der Waals surface area contributed by atoms with Crippen LogP contribution in [0.15, 0.2) is 47.5 Å². The van der Waals surface area contributed by atoms with Crippen molar-refractivity contribution in [2.45, 2.75) is 19.4 Å². The molecule has 0 heterocycles. The highest BCUT2D eigenvalue weighted by Crippen LogP contribution is 2.24. The summed E-state index contributed by atoms with van der Waals surface area (Å²) in [5.41, 5.74) is 6.00. The number of aryl methyl sites for hydroxylation is 1. The lowest BCUT2D eigenvalue weighted by atomic mass is 9.95. The highest BCUT2D eigenvalue weighted by atomic mass is 127. The van der Waals surface area contributed by atoms with E-state index in [2.05, 4.69) is 10.3 Å². The van der Waals surface area contributed by atoms with Crippen LogP contribution < -0.4 is 11.1 Å². The van der Waals surface area contributed by atoms with Crippen LogP contribution in [0.1, 0.15) is 18.1 Å². The molecule has 2 aromatic carbocycles. The lowest BCUT2D eigenvalue weighted by Gasteiger charge is -2.22. The van der Waals surface area contributed by atoms with Crippen LogP contribution in [0.3, 0.4) is 0 Å². The van der Waals surface area contributed by atoms with E-state index in [9.17, 15) is 13.9 Å². The summed E-state index contributed by atoms with van der Waals surface area (Å²) in [4.78, 5) is 4.03. The Balaban J connectivity index is 0.00000288. The summed E-state index contributed by atoms with van der Waals surface area (Å²) < 4.78 is 26.7. The van der Waals surface area contributed by atoms with Crippen LogP contribution in [0.2, 0.25) is 0 Å². The average Bonchev–Trinajstić information content (AvgIpc) is 2.47. The monoisotopic (exact) mass is 447 g/mol. The molecule has 0 saturated carbocycles. The molecule has 2 rings (SSSR count). The van der Waals surface area contributed by atoms with Crippen LogP contribution in [0, 0.1) is 18.6 Å². The van der Waals surface area contributed by atoms with E-state index in [1.54, 1.807) is 0 Å². The molecule has 0 radical (unpaired) electrons. The molecule has 0 aliphatic carbocycles. The third-order valence-corrected chi connectivity index (χ3v) is 3.39. The van der Waals surface area contributed by atoms with Crippen LogP contribution in [-0.4, -0.2) is 17.6 Å². The molecule has 1 atom stereocenters. The number of rotatable bonds is 4. The molecule has 0 bridgehead atoms. The molecule has 24 heavy (non-hydrogen) atoms. The van der Waals surface area contributed by atoms with Gasteiger partial charge in [-0.1, -0.05) is 23.8 Å². The zero-order valence-corrected chi connectivity index (χ0v) is 15.7. The Labute approximate surface area is 156 Å². The lowest BCUT2D eigenvalue weighted by molar-refractivity contribution is 0.0634. The van der Waals surface area contributed by atoms with Gasteiger partial charge in [0.15, 0.2) is 5.96 Å². The second-order valence-corrected chi connectivity index (χ2v) is 5.59. The Morgan fingerprint density at radius 1 is 1.21 bits per heavy atom. The standard InChI is InChI=1S/C17H19F2N3O.HI/c1-11-3-6-13(7-4-11)22-16(20)21-10-17(2,23)14-8-5-12(18)9-15(14)19;/h3-9,23H,10H2,1-2H3,(H3,20,21,22);1H. The van der Waals surface area contributed by atoms with Gasteiger partial charge in [-0.05, 0) is 32.0 Å². The Morgan fingerprint density at radius 2 is 1.83 bits per heavy atom. The summed E-state index contributed by atoms with van der Waals surface area (Å²) in [6.07, 6.45) is 0. The van der Waals surface area contributed by atoms with E-state index in [-0.39, 0.29) is 42.0 Å². The maximum atomic E-state index is 13.8. The fourth-order valence-corrected chi connectivity index (χ4v) is 2.07. The second kappa shape index (κ2) is 8.39. The van der Waals surface area contributed by atoms with Crippen LogP contribution >= 0.6 is 24.0 Å². The van der Waals surface area contributed by atoms with E-state index in [4.69, 9.17) is 5.73 Å². The summed E-state index contributed by atoms with van der Waals surface area (Å²) in [7, 11) is 0. The van der Waals surface area contributed by atoms with Crippen molar-refractivity contribution >= 4 is 35.6 Å². The van der Waals surface area contributed by atoms with Gasteiger partial charge in [-0.25, -0.2) is 13.8 Å². The van der Waals surface area contributed by atoms with Gasteiger partial charge in [0.05, 0.1) is 6.54 Å². The average molecular weight is 447 g/mol. The van der Waals surface area contributed by atoms with Crippen molar-refractivity contribution in [1.29, 1.82) is 0 Å². The van der Waals surface area contributed by atoms with Gasteiger partial charge in [-0.2, -0.15) is 0 Å². The molecular weight excluding hydrogens is 427 g/mol. The molecule has 0 amide bonds. The predicted molar refractivity (Wildman–Crippen MR) is 103 cm³/mol. The Kier molecular flexibility index (Phi) is 7.09. The molecule has 0 spiro atoms. The van der Waals surface area contributed by atoms with Gasteiger partial charge in [-0.15, -0.1) is 24.0 Å². The first kappa shape index (κ1) is 20.3. The first-order valence-electron chi connectivity index (χ1n) is 7.09. The molecule has 0 aromatic heterocycles. The summed E-state index contributed by atoms with van der Waals surface area (Å²) >= 11 is 0. The van der Waals surface area contributed by atoms with E-state index in [1.165, 1.54) is 13.0 Å². The summed E-state index contributed by atoms with van der Waals surface area (Å²) in [5.74, 6) is -1.43. The molecule has 4 N–H and O–H groups in total. The number of hydrogen-bond acceptors (Lipinski definition) is 2. The van der Waals surface area contributed by atoms with Gasteiger partial charge in [0.25, 0.3) is 0 Å². The number of nitrogens with zero attached hydrogens (tertiary/aromatic N) is 1. The van der Waals surface area contributed by atoms with Crippen LogP contribution in [0.4, 0.5) is 14.5 Å². The van der Waals surface area contributed by atoms with E-state index in [0.29, 0.717) is 0 Å².